The Bertz CT molecular complexity index is 837. The van der Waals surface area contributed by atoms with Crippen molar-refractivity contribution in [3.05, 3.63) is 47.5 Å². The van der Waals surface area contributed by atoms with E-state index in [0.29, 0.717) is 28.4 Å². The van der Waals surface area contributed by atoms with E-state index in [1.165, 1.54) is 0 Å². The summed E-state index contributed by atoms with van der Waals surface area (Å²) in [6, 6.07) is 9.92. The third-order valence-electron chi connectivity index (χ3n) is 4.27. The molecule has 8 heteroatoms. The molecular weight excluding hydrogens is 344 g/mol. The topological polar surface area (TPSA) is 162 Å². The zero-order valence-electron chi connectivity index (χ0n) is 15.3. The summed E-state index contributed by atoms with van der Waals surface area (Å²) < 4.78 is 0. The zero-order valence-corrected chi connectivity index (χ0v) is 15.3. The van der Waals surface area contributed by atoms with E-state index in [4.69, 9.17) is 22.9 Å². The van der Waals surface area contributed by atoms with E-state index in [1.54, 1.807) is 36.4 Å². The van der Waals surface area contributed by atoms with Crippen LogP contribution in [0.1, 0.15) is 34.1 Å². The average Bonchev–Trinajstić information content (AvgIpc) is 2.61. The van der Waals surface area contributed by atoms with Crippen LogP contribution in [0.4, 0.5) is 22.7 Å². The molecule has 8 nitrogen and oxygen atoms in total. The zero-order chi connectivity index (χ0) is 20.0. The van der Waals surface area contributed by atoms with Gasteiger partial charge in [-0.15, -0.1) is 0 Å². The van der Waals surface area contributed by atoms with E-state index in [9.17, 15) is 9.59 Å². The minimum atomic E-state index is -0.504. The van der Waals surface area contributed by atoms with E-state index in [2.05, 4.69) is 17.6 Å². The predicted molar refractivity (Wildman–Crippen MR) is 110 cm³/mol. The molecule has 0 aliphatic carbocycles. The fraction of sp³-hybridized carbons (Fsp3) is 0.263. The van der Waals surface area contributed by atoms with E-state index in [0.717, 1.165) is 30.9 Å². The summed E-state index contributed by atoms with van der Waals surface area (Å²) in [5, 5.41) is 6.54. The van der Waals surface area contributed by atoms with Crippen molar-refractivity contribution in [3.63, 3.8) is 0 Å². The fourth-order valence-corrected chi connectivity index (χ4v) is 2.59. The number of benzene rings is 2. The van der Waals surface area contributed by atoms with Gasteiger partial charge in [0.15, 0.2) is 0 Å². The molecule has 144 valence electrons. The number of hydrogen-bond donors (Lipinski definition) is 6. The first-order valence-electron chi connectivity index (χ1n) is 8.64. The van der Waals surface area contributed by atoms with Crippen LogP contribution in [0, 0.1) is 5.92 Å². The van der Waals surface area contributed by atoms with Crippen molar-refractivity contribution in [2.24, 2.45) is 17.4 Å². The highest BCUT2D eigenvalue weighted by Crippen LogP contribution is 2.22. The number of carbonyl (C=O) groups excluding carboxylic acids is 2. The third kappa shape index (κ3) is 5.53. The Labute approximate surface area is 158 Å². The highest BCUT2D eigenvalue weighted by atomic mass is 16.1. The summed E-state index contributed by atoms with van der Waals surface area (Å²) in [5.41, 5.74) is 25.6. The van der Waals surface area contributed by atoms with E-state index in [1.807, 2.05) is 0 Å². The van der Waals surface area contributed by atoms with Crippen LogP contribution >= 0.6 is 0 Å². The lowest BCUT2D eigenvalue weighted by Crippen LogP contribution is -2.17. The Morgan fingerprint density at radius 2 is 1.37 bits per heavy atom. The summed E-state index contributed by atoms with van der Waals surface area (Å²) in [6.45, 7) is 3.55. The van der Waals surface area contributed by atoms with Gasteiger partial charge in [0.2, 0.25) is 11.8 Å². The summed E-state index contributed by atoms with van der Waals surface area (Å²) >= 11 is 0. The quantitative estimate of drug-likeness (QED) is 0.367. The van der Waals surface area contributed by atoms with Crippen molar-refractivity contribution in [3.8, 4) is 0 Å². The lowest BCUT2D eigenvalue weighted by molar-refractivity contribution is 0.0992. The van der Waals surface area contributed by atoms with Crippen LogP contribution in [0.15, 0.2) is 36.4 Å². The van der Waals surface area contributed by atoms with E-state index < -0.39 is 11.8 Å². The molecule has 0 aromatic heterocycles. The molecule has 0 spiro atoms. The Morgan fingerprint density at radius 1 is 0.889 bits per heavy atom. The molecule has 1 unspecified atom stereocenters. The van der Waals surface area contributed by atoms with Gasteiger partial charge in [0.25, 0.3) is 0 Å². The first-order valence-corrected chi connectivity index (χ1v) is 8.64. The second-order valence-electron chi connectivity index (χ2n) is 6.53. The highest BCUT2D eigenvalue weighted by Gasteiger charge is 2.08. The minimum Gasteiger partial charge on any atom is -0.397 e. The standard InChI is InChI=1S/C19H26N6O2/c1-11(10-25-17-5-3-13(19(23)27)9-15(17)21)6-7-24-16-4-2-12(18(22)26)8-14(16)20/h2-5,8-9,11,24-25H,6-7,10,20-21H2,1H3,(H2,22,26)(H2,23,27). The van der Waals surface area contributed by atoms with Gasteiger partial charge in [-0.1, -0.05) is 6.92 Å². The normalized spacial score (nSPS) is 11.6. The monoisotopic (exact) mass is 370 g/mol. The molecule has 0 aliphatic heterocycles. The molecule has 0 fully saturated rings. The van der Waals surface area contributed by atoms with Gasteiger partial charge < -0.3 is 33.6 Å². The number of nitrogen functional groups attached to an aromatic ring is 2. The first-order chi connectivity index (χ1) is 12.8. The number of carbonyl (C=O) groups is 2. The fourth-order valence-electron chi connectivity index (χ4n) is 2.59. The molecule has 10 N–H and O–H groups in total. The molecule has 0 bridgehead atoms. The summed E-state index contributed by atoms with van der Waals surface area (Å²) in [6.07, 6.45) is 0.892. The molecule has 0 heterocycles. The number of nitrogens with one attached hydrogen (secondary N) is 2. The molecule has 27 heavy (non-hydrogen) atoms. The van der Waals surface area contributed by atoms with Crippen LogP contribution in [-0.4, -0.2) is 24.9 Å². The van der Waals surface area contributed by atoms with Gasteiger partial charge in [-0.05, 0) is 48.7 Å². The maximum atomic E-state index is 11.1. The largest absolute Gasteiger partial charge is 0.397 e. The van der Waals surface area contributed by atoms with Crippen LogP contribution in [0.25, 0.3) is 0 Å². The Balaban J connectivity index is 1.81. The number of hydrogen-bond acceptors (Lipinski definition) is 6. The Morgan fingerprint density at radius 3 is 1.81 bits per heavy atom. The molecule has 0 saturated heterocycles. The lowest BCUT2D eigenvalue weighted by Gasteiger charge is -2.16. The molecule has 2 aromatic rings. The number of amides is 2. The molecule has 2 rings (SSSR count). The van der Waals surface area contributed by atoms with Gasteiger partial charge >= 0.3 is 0 Å². The van der Waals surface area contributed by atoms with Crippen LogP contribution in [0.2, 0.25) is 0 Å². The van der Waals surface area contributed by atoms with Crippen molar-refractivity contribution in [1.29, 1.82) is 0 Å². The molecular formula is C19H26N6O2. The molecule has 0 saturated carbocycles. The van der Waals surface area contributed by atoms with Gasteiger partial charge in [0, 0.05) is 24.2 Å². The van der Waals surface area contributed by atoms with Crippen molar-refractivity contribution in [2.75, 3.05) is 35.2 Å². The van der Waals surface area contributed by atoms with Crippen molar-refractivity contribution >= 4 is 34.6 Å². The highest BCUT2D eigenvalue weighted by molar-refractivity contribution is 5.95. The van der Waals surface area contributed by atoms with Gasteiger partial charge in [-0.3, -0.25) is 9.59 Å². The molecule has 0 radical (unpaired) electrons. The summed E-state index contributed by atoms with van der Waals surface area (Å²) in [4.78, 5) is 22.3. The second kappa shape index (κ2) is 8.79. The van der Waals surface area contributed by atoms with Crippen LogP contribution in [-0.2, 0) is 0 Å². The maximum absolute atomic E-state index is 11.1. The number of anilines is 4. The minimum absolute atomic E-state index is 0.360. The van der Waals surface area contributed by atoms with Gasteiger partial charge in [-0.2, -0.15) is 0 Å². The molecule has 0 aliphatic rings. The second-order valence-corrected chi connectivity index (χ2v) is 6.53. The van der Waals surface area contributed by atoms with Gasteiger partial charge in [0.05, 0.1) is 22.7 Å². The lowest BCUT2D eigenvalue weighted by atomic mass is 10.1. The predicted octanol–water partition coefficient (Wildman–Crippen LogP) is 1.60. The number of rotatable bonds is 9. The average molecular weight is 370 g/mol. The van der Waals surface area contributed by atoms with Gasteiger partial charge in [-0.25, -0.2) is 0 Å². The molecule has 2 aromatic carbocycles. The SMILES string of the molecule is CC(CCNc1ccc(C(N)=O)cc1N)CNc1ccc(C(N)=O)cc1N. The van der Waals surface area contributed by atoms with Crippen molar-refractivity contribution in [1.82, 2.24) is 0 Å². The third-order valence-corrected chi connectivity index (χ3v) is 4.27. The first kappa shape index (κ1) is 19.9. The van der Waals surface area contributed by atoms with E-state index in [-0.39, 0.29) is 0 Å². The summed E-state index contributed by atoms with van der Waals surface area (Å²) in [7, 11) is 0. The Hall–Kier alpha value is -3.42. The maximum Gasteiger partial charge on any atom is 0.248 e. The molecule has 2 amide bonds. The van der Waals surface area contributed by atoms with Gasteiger partial charge in [0.1, 0.15) is 0 Å². The molecule has 1 atom stereocenters. The Kier molecular flexibility index (Phi) is 6.48. The summed E-state index contributed by atoms with van der Waals surface area (Å²) in [5.74, 6) is -0.647. The van der Waals surface area contributed by atoms with Crippen molar-refractivity contribution in [2.45, 2.75) is 13.3 Å². The number of primary amides is 2. The van der Waals surface area contributed by atoms with Crippen molar-refractivity contribution < 1.29 is 9.59 Å². The van der Waals surface area contributed by atoms with Crippen LogP contribution < -0.4 is 33.6 Å². The number of nitrogens with two attached hydrogens (primary N) is 4. The van der Waals surface area contributed by atoms with Crippen LogP contribution in [0.5, 0.6) is 0 Å². The smallest absolute Gasteiger partial charge is 0.248 e. The van der Waals surface area contributed by atoms with E-state index >= 15 is 0 Å². The van der Waals surface area contributed by atoms with Crippen LogP contribution in [0.3, 0.4) is 0 Å².